The van der Waals surface area contributed by atoms with Crippen LogP contribution >= 0.6 is 0 Å². The SMILES string of the molecule is [CH2-]C#Cc1nc(N)c2ncn(C3OC(C)C(O)C3O)c2n1.[Y].[c-]1ccccc1. The van der Waals surface area contributed by atoms with Gasteiger partial charge in [0.1, 0.15) is 23.5 Å². The van der Waals surface area contributed by atoms with Crippen LogP contribution in [0.3, 0.4) is 0 Å². The number of hydrogen-bond acceptors (Lipinski definition) is 7. The summed E-state index contributed by atoms with van der Waals surface area (Å²) in [4.78, 5) is 12.4. The van der Waals surface area contributed by atoms with Crippen molar-refractivity contribution in [1.29, 1.82) is 0 Å². The molecule has 0 amide bonds. The maximum Gasteiger partial charge on any atom is 0.167 e. The molecule has 1 aliphatic rings. The van der Waals surface area contributed by atoms with Crippen LogP contribution in [0.2, 0.25) is 0 Å². The summed E-state index contributed by atoms with van der Waals surface area (Å²) < 4.78 is 7.06. The molecular formula is C19H19N5O3Y-2. The molecule has 1 aromatic carbocycles. The van der Waals surface area contributed by atoms with Crippen LogP contribution in [0.5, 0.6) is 0 Å². The number of nitrogens with zero attached hydrogens (tertiary/aromatic N) is 4. The Morgan fingerprint density at radius 2 is 1.93 bits per heavy atom. The molecule has 3 aromatic rings. The Kier molecular flexibility index (Phi) is 7.92. The molecule has 0 aliphatic carbocycles. The average molecular weight is 454 g/mol. The van der Waals surface area contributed by atoms with Crippen molar-refractivity contribution in [2.24, 2.45) is 0 Å². The first-order valence-corrected chi connectivity index (χ1v) is 8.23. The summed E-state index contributed by atoms with van der Waals surface area (Å²) in [5.74, 6) is 5.45. The standard InChI is InChI=1S/C13H14N5O3.C6H5.Y/c1-3-4-7-16-11(14)8-12(17-7)18(5-15-8)13-10(20)9(19)6(2)21-13;1-2-4-6-5-3-1;/h5-6,9-10,13,19-20H,1H2,2H3,(H2,14,16,17);1-5H;/q2*-1;. The van der Waals surface area contributed by atoms with Crippen molar-refractivity contribution in [3.8, 4) is 11.8 Å². The van der Waals surface area contributed by atoms with Gasteiger partial charge in [0.05, 0.1) is 12.4 Å². The number of ether oxygens (including phenoxy) is 1. The Balaban J connectivity index is 0.000000344. The van der Waals surface area contributed by atoms with Gasteiger partial charge < -0.3 is 20.7 Å². The smallest absolute Gasteiger partial charge is 0.167 e. The van der Waals surface area contributed by atoms with Crippen LogP contribution in [-0.2, 0) is 37.4 Å². The maximum atomic E-state index is 10.1. The minimum Gasteiger partial charge on any atom is -0.388 e. The van der Waals surface area contributed by atoms with Crippen LogP contribution in [0.4, 0.5) is 5.82 Å². The molecule has 2 aromatic heterocycles. The van der Waals surface area contributed by atoms with E-state index >= 15 is 0 Å². The van der Waals surface area contributed by atoms with E-state index in [0.29, 0.717) is 11.2 Å². The van der Waals surface area contributed by atoms with Gasteiger partial charge >= 0.3 is 0 Å². The predicted molar refractivity (Wildman–Crippen MR) is 98.8 cm³/mol. The fourth-order valence-corrected chi connectivity index (χ4v) is 2.66. The van der Waals surface area contributed by atoms with Gasteiger partial charge in [-0.15, -0.1) is 0 Å². The van der Waals surface area contributed by atoms with Crippen LogP contribution in [0.25, 0.3) is 11.2 Å². The molecule has 143 valence electrons. The molecule has 0 saturated carbocycles. The molecule has 0 bridgehead atoms. The maximum absolute atomic E-state index is 10.1. The van der Waals surface area contributed by atoms with Gasteiger partial charge in [0.2, 0.25) is 0 Å². The van der Waals surface area contributed by atoms with E-state index < -0.39 is 24.5 Å². The number of imidazole rings is 1. The van der Waals surface area contributed by atoms with E-state index in [1.807, 2.05) is 30.3 Å². The minimum atomic E-state index is -1.09. The zero-order valence-corrected chi connectivity index (χ0v) is 18.1. The van der Waals surface area contributed by atoms with Crippen molar-refractivity contribution in [1.82, 2.24) is 19.5 Å². The number of benzene rings is 1. The van der Waals surface area contributed by atoms with Crippen LogP contribution in [0, 0.1) is 24.8 Å². The molecular weight excluding hydrogens is 435 g/mol. The van der Waals surface area contributed by atoms with Gasteiger partial charge in [-0.2, -0.15) is 43.3 Å². The fraction of sp³-hybridized carbons (Fsp3) is 0.263. The number of anilines is 1. The van der Waals surface area contributed by atoms with Crippen LogP contribution < -0.4 is 5.73 Å². The Morgan fingerprint density at radius 3 is 2.43 bits per heavy atom. The van der Waals surface area contributed by atoms with Crippen molar-refractivity contribution in [3.63, 3.8) is 0 Å². The zero-order valence-electron chi connectivity index (χ0n) is 15.2. The second-order valence-corrected chi connectivity index (χ2v) is 5.85. The molecule has 3 heterocycles. The molecule has 4 atom stereocenters. The number of aliphatic hydroxyl groups is 2. The van der Waals surface area contributed by atoms with E-state index in [0.717, 1.165) is 0 Å². The number of hydrogen-bond donors (Lipinski definition) is 3. The fourth-order valence-electron chi connectivity index (χ4n) is 2.66. The van der Waals surface area contributed by atoms with Gasteiger partial charge in [-0.1, -0.05) is 0 Å². The Bertz CT molecular complexity index is 943. The quantitative estimate of drug-likeness (QED) is 0.366. The molecule has 4 N–H and O–H groups in total. The second-order valence-electron chi connectivity index (χ2n) is 5.85. The zero-order chi connectivity index (χ0) is 19.4. The number of aliphatic hydroxyl groups excluding tert-OH is 2. The van der Waals surface area contributed by atoms with Gasteiger partial charge in [0.25, 0.3) is 0 Å². The van der Waals surface area contributed by atoms with E-state index in [-0.39, 0.29) is 44.4 Å². The Morgan fingerprint density at radius 1 is 1.21 bits per heavy atom. The number of nitrogen functional groups attached to an aromatic ring is 1. The molecule has 9 heteroatoms. The number of fused-ring (bicyclic) bond motifs is 1. The van der Waals surface area contributed by atoms with Crippen LogP contribution in [0.15, 0.2) is 36.7 Å². The average Bonchev–Trinajstić information content (AvgIpc) is 3.21. The van der Waals surface area contributed by atoms with E-state index in [9.17, 15) is 10.2 Å². The monoisotopic (exact) mass is 454 g/mol. The summed E-state index contributed by atoms with van der Waals surface area (Å²) in [5.41, 5.74) is 6.58. The topological polar surface area (TPSA) is 119 Å². The Hall–Kier alpha value is -2.02. The normalized spacial score (nSPS) is 23.1. The predicted octanol–water partition coefficient (Wildman–Crippen LogP) is 0.717. The molecule has 4 rings (SSSR count). The van der Waals surface area contributed by atoms with Crippen LogP contribution in [0.1, 0.15) is 19.0 Å². The van der Waals surface area contributed by atoms with Crippen molar-refractivity contribution in [3.05, 3.63) is 55.5 Å². The second kappa shape index (κ2) is 9.96. The molecule has 4 unspecified atom stereocenters. The van der Waals surface area contributed by atoms with Gasteiger partial charge in [0, 0.05) is 32.7 Å². The van der Waals surface area contributed by atoms with Gasteiger partial charge in [-0.3, -0.25) is 16.4 Å². The molecule has 1 radical (unpaired) electrons. The van der Waals surface area contributed by atoms with Gasteiger partial charge in [-0.25, -0.2) is 15.0 Å². The Labute approximate surface area is 188 Å². The van der Waals surface area contributed by atoms with E-state index in [1.165, 1.54) is 10.9 Å². The molecule has 0 spiro atoms. The number of aromatic nitrogens is 4. The summed E-state index contributed by atoms with van der Waals surface area (Å²) in [7, 11) is 0. The van der Waals surface area contributed by atoms with Crippen LogP contribution in [-0.4, -0.2) is 48.0 Å². The summed E-state index contributed by atoms with van der Waals surface area (Å²) >= 11 is 0. The molecule has 28 heavy (non-hydrogen) atoms. The van der Waals surface area contributed by atoms with E-state index in [4.69, 9.17) is 10.5 Å². The first-order valence-electron chi connectivity index (χ1n) is 8.23. The molecule has 1 saturated heterocycles. The first-order chi connectivity index (χ1) is 13.0. The third kappa shape index (κ3) is 4.69. The minimum absolute atomic E-state index is 0. The van der Waals surface area contributed by atoms with E-state index in [1.54, 1.807) is 6.92 Å². The van der Waals surface area contributed by atoms with Gasteiger partial charge in [-0.05, 0) is 6.92 Å². The molecule has 8 nitrogen and oxygen atoms in total. The van der Waals surface area contributed by atoms with Crippen molar-refractivity contribution in [2.75, 3.05) is 5.73 Å². The number of nitrogens with two attached hydrogens (primary N) is 1. The summed E-state index contributed by atoms with van der Waals surface area (Å²) in [6.07, 6.45) is -1.92. The van der Waals surface area contributed by atoms with E-state index in [2.05, 4.69) is 39.8 Å². The number of rotatable bonds is 1. The third-order valence-corrected chi connectivity index (χ3v) is 4.01. The molecule has 1 fully saturated rings. The summed E-state index contributed by atoms with van der Waals surface area (Å²) in [6.45, 7) is 5.08. The van der Waals surface area contributed by atoms with Crippen molar-refractivity contribution < 1.29 is 47.7 Å². The largest absolute Gasteiger partial charge is 0.388 e. The third-order valence-electron chi connectivity index (χ3n) is 4.01. The van der Waals surface area contributed by atoms with Gasteiger partial charge in [0.15, 0.2) is 17.7 Å². The summed E-state index contributed by atoms with van der Waals surface area (Å²) in [6, 6.07) is 12.5. The first kappa shape index (κ1) is 22.3. The molecule has 1 aliphatic heterocycles. The van der Waals surface area contributed by atoms with Crippen molar-refractivity contribution >= 4 is 17.0 Å². The summed E-state index contributed by atoms with van der Waals surface area (Å²) in [5, 5.41) is 19.9. The van der Waals surface area contributed by atoms with Crippen molar-refractivity contribution in [2.45, 2.75) is 31.5 Å².